The molecule has 2 heterocycles. The fourth-order valence-corrected chi connectivity index (χ4v) is 6.40. The number of aromatic nitrogens is 1. The van der Waals surface area contributed by atoms with E-state index in [2.05, 4.69) is 23.7 Å². The number of ether oxygens (including phenoxy) is 1. The standard InChI is InChI=1S/C33H39FN2O4/c1-21(2)31-30(33(39)35-25-11-7-4-8-12-25)29(22-9-5-3-6-10-22)32(23-13-15-24(34)16-14-23)36(31)18-17-27-19-26(37)20-28(38)40-27/h3-12,21,23-24,26-27,37H,13-20H2,1-2H3,(H,35,39)/t23?,24?,26-,27?/m1/s1. The summed E-state index contributed by atoms with van der Waals surface area (Å²) in [7, 11) is 0. The predicted molar refractivity (Wildman–Crippen MR) is 154 cm³/mol. The number of halogens is 1. The third-order valence-corrected chi connectivity index (χ3v) is 8.17. The Morgan fingerprint density at radius 2 is 1.70 bits per heavy atom. The molecule has 1 unspecified atom stereocenters. The van der Waals surface area contributed by atoms with E-state index in [4.69, 9.17) is 4.74 Å². The molecule has 3 aromatic rings. The number of rotatable bonds is 8. The molecule has 212 valence electrons. The Bertz CT molecular complexity index is 1310. The average Bonchev–Trinajstić information content (AvgIpc) is 3.28. The van der Waals surface area contributed by atoms with E-state index in [1.807, 2.05) is 60.7 Å². The number of aliphatic hydroxyl groups excluding tert-OH is 1. The monoisotopic (exact) mass is 546 g/mol. The first-order chi connectivity index (χ1) is 19.3. The molecule has 2 aromatic carbocycles. The maximum atomic E-state index is 14.3. The number of carbonyl (C=O) groups excluding carboxylic acids is 2. The van der Waals surface area contributed by atoms with Crippen molar-refractivity contribution in [3.63, 3.8) is 0 Å². The second-order valence-electron chi connectivity index (χ2n) is 11.5. The Kier molecular flexibility index (Phi) is 8.69. The van der Waals surface area contributed by atoms with Crippen molar-refractivity contribution in [2.24, 2.45) is 0 Å². The van der Waals surface area contributed by atoms with Crippen LogP contribution in [0.1, 0.15) is 92.4 Å². The molecule has 0 spiro atoms. The lowest BCUT2D eigenvalue weighted by molar-refractivity contribution is -0.160. The number of hydrogen-bond donors (Lipinski definition) is 2. The van der Waals surface area contributed by atoms with Crippen LogP contribution < -0.4 is 5.32 Å². The summed E-state index contributed by atoms with van der Waals surface area (Å²) in [6, 6.07) is 19.4. The molecule has 40 heavy (non-hydrogen) atoms. The molecular formula is C33H39FN2O4. The summed E-state index contributed by atoms with van der Waals surface area (Å²) in [4.78, 5) is 26.2. The molecule has 1 aliphatic carbocycles. The Morgan fingerprint density at radius 3 is 2.33 bits per heavy atom. The summed E-state index contributed by atoms with van der Waals surface area (Å²) in [5, 5.41) is 13.3. The predicted octanol–water partition coefficient (Wildman–Crippen LogP) is 6.98. The number of nitrogens with zero attached hydrogens (tertiary/aromatic N) is 1. The third-order valence-electron chi connectivity index (χ3n) is 8.17. The molecule has 1 amide bonds. The number of para-hydroxylation sites is 1. The summed E-state index contributed by atoms with van der Waals surface area (Å²) in [6.07, 6.45) is 1.47. The number of benzene rings is 2. The first-order valence-corrected chi connectivity index (χ1v) is 14.5. The molecule has 5 rings (SSSR count). The molecule has 2 fully saturated rings. The highest BCUT2D eigenvalue weighted by Gasteiger charge is 2.35. The van der Waals surface area contributed by atoms with Gasteiger partial charge in [0.05, 0.1) is 18.1 Å². The first kappa shape index (κ1) is 28.1. The maximum absolute atomic E-state index is 14.3. The zero-order chi connectivity index (χ0) is 28.2. The van der Waals surface area contributed by atoms with Crippen LogP contribution in [0.15, 0.2) is 60.7 Å². The van der Waals surface area contributed by atoms with E-state index in [-0.39, 0.29) is 30.1 Å². The summed E-state index contributed by atoms with van der Waals surface area (Å²) in [5.74, 6) is -0.440. The third kappa shape index (κ3) is 6.15. The van der Waals surface area contributed by atoms with Gasteiger partial charge in [-0.25, -0.2) is 4.39 Å². The number of aliphatic hydroxyl groups is 1. The zero-order valence-electron chi connectivity index (χ0n) is 23.3. The van der Waals surface area contributed by atoms with Crippen LogP contribution in [0.25, 0.3) is 11.1 Å². The minimum Gasteiger partial charge on any atom is -0.462 e. The van der Waals surface area contributed by atoms with Crippen molar-refractivity contribution in [2.75, 3.05) is 5.32 Å². The molecule has 2 atom stereocenters. The molecule has 6 nitrogen and oxygen atoms in total. The van der Waals surface area contributed by atoms with Crippen LogP contribution in [0.2, 0.25) is 0 Å². The van der Waals surface area contributed by atoms with Gasteiger partial charge in [0.1, 0.15) is 12.3 Å². The van der Waals surface area contributed by atoms with E-state index in [9.17, 15) is 19.1 Å². The number of esters is 1. The van der Waals surface area contributed by atoms with Crippen molar-refractivity contribution in [1.29, 1.82) is 0 Å². The Morgan fingerprint density at radius 1 is 1.05 bits per heavy atom. The lowest BCUT2D eigenvalue weighted by Crippen LogP contribution is -2.33. The average molecular weight is 547 g/mol. The van der Waals surface area contributed by atoms with Crippen LogP contribution in [-0.4, -0.2) is 39.9 Å². The number of nitrogens with one attached hydrogen (secondary N) is 1. The second-order valence-corrected chi connectivity index (χ2v) is 11.5. The van der Waals surface area contributed by atoms with Crippen LogP contribution >= 0.6 is 0 Å². The van der Waals surface area contributed by atoms with Gasteiger partial charge in [-0.1, -0.05) is 62.4 Å². The van der Waals surface area contributed by atoms with Gasteiger partial charge in [-0.3, -0.25) is 9.59 Å². The summed E-state index contributed by atoms with van der Waals surface area (Å²) in [6.45, 7) is 4.71. The highest BCUT2D eigenvalue weighted by atomic mass is 19.1. The van der Waals surface area contributed by atoms with E-state index in [1.54, 1.807) is 0 Å². The number of anilines is 1. The smallest absolute Gasteiger partial charge is 0.308 e. The minimum atomic E-state index is -0.798. The largest absolute Gasteiger partial charge is 0.462 e. The molecular weight excluding hydrogens is 507 g/mol. The van der Waals surface area contributed by atoms with Gasteiger partial charge in [0.2, 0.25) is 0 Å². The molecule has 0 bridgehead atoms. The Hall–Kier alpha value is -3.45. The number of cyclic esters (lactones) is 1. The van der Waals surface area contributed by atoms with Crippen LogP contribution in [0.5, 0.6) is 0 Å². The molecule has 2 N–H and O–H groups in total. The van der Waals surface area contributed by atoms with Gasteiger partial charge in [-0.15, -0.1) is 0 Å². The molecule has 1 aliphatic heterocycles. The number of amides is 1. The number of carbonyl (C=O) groups is 2. The van der Waals surface area contributed by atoms with Crippen LogP contribution in [0.3, 0.4) is 0 Å². The number of alkyl halides is 1. The van der Waals surface area contributed by atoms with Crippen molar-refractivity contribution in [2.45, 2.75) is 95.6 Å². The van der Waals surface area contributed by atoms with Gasteiger partial charge in [0, 0.05) is 47.9 Å². The highest BCUT2D eigenvalue weighted by molar-refractivity contribution is 6.10. The van der Waals surface area contributed by atoms with Gasteiger partial charge in [0.25, 0.3) is 5.91 Å². The Labute approximate surface area is 235 Å². The van der Waals surface area contributed by atoms with E-state index < -0.39 is 18.4 Å². The fraction of sp³-hybridized carbons (Fsp3) is 0.455. The summed E-state index contributed by atoms with van der Waals surface area (Å²) in [5.41, 5.74) is 5.20. The van der Waals surface area contributed by atoms with Gasteiger partial charge >= 0.3 is 5.97 Å². The van der Waals surface area contributed by atoms with E-state index >= 15 is 0 Å². The quantitative estimate of drug-likeness (QED) is 0.299. The molecule has 2 aliphatic rings. The van der Waals surface area contributed by atoms with Crippen LogP contribution in [-0.2, 0) is 16.1 Å². The maximum Gasteiger partial charge on any atom is 0.308 e. The van der Waals surface area contributed by atoms with Crippen molar-refractivity contribution in [3.8, 4) is 11.1 Å². The summed E-state index contributed by atoms with van der Waals surface area (Å²) < 4.78 is 22.1. The van der Waals surface area contributed by atoms with Gasteiger partial charge in [-0.05, 0) is 49.3 Å². The SMILES string of the molecule is CC(C)c1c(C(=O)Nc2ccccc2)c(-c2ccccc2)c(C2CCC(F)CC2)n1CCC1C[C@@H](O)CC(=O)O1. The van der Waals surface area contributed by atoms with Gasteiger partial charge in [0.15, 0.2) is 0 Å². The Balaban J connectivity index is 1.65. The minimum absolute atomic E-state index is 0.0183. The van der Waals surface area contributed by atoms with E-state index in [0.29, 0.717) is 50.6 Å². The first-order valence-electron chi connectivity index (χ1n) is 14.5. The lowest BCUT2D eigenvalue weighted by Gasteiger charge is -2.30. The fourth-order valence-electron chi connectivity index (χ4n) is 6.40. The van der Waals surface area contributed by atoms with Crippen molar-refractivity contribution < 1.29 is 23.8 Å². The second kappa shape index (κ2) is 12.4. The van der Waals surface area contributed by atoms with Crippen molar-refractivity contribution in [1.82, 2.24) is 4.57 Å². The zero-order valence-corrected chi connectivity index (χ0v) is 23.3. The molecule has 1 saturated heterocycles. The van der Waals surface area contributed by atoms with Gasteiger partial charge in [-0.2, -0.15) is 0 Å². The topological polar surface area (TPSA) is 80.6 Å². The van der Waals surface area contributed by atoms with E-state index in [1.165, 1.54) is 0 Å². The molecule has 7 heteroatoms. The van der Waals surface area contributed by atoms with E-state index in [0.717, 1.165) is 28.2 Å². The summed E-state index contributed by atoms with van der Waals surface area (Å²) >= 11 is 0. The molecule has 0 radical (unpaired) electrons. The lowest BCUT2D eigenvalue weighted by atomic mass is 9.82. The molecule has 1 aromatic heterocycles. The van der Waals surface area contributed by atoms with Crippen molar-refractivity contribution >= 4 is 17.6 Å². The van der Waals surface area contributed by atoms with Crippen LogP contribution in [0, 0.1) is 0 Å². The van der Waals surface area contributed by atoms with Crippen LogP contribution in [0.4, 0.5) is 10.1 Å². The normalized spacial score (nSPS) is 23.2. The van der Waals surface area contributed by atoms with Crippen molar-refractivity contribution in [3.05, 3.63) is 77.6 Å². The molecule has 1 saturated carbocycles. The number of hydrogen-bond acceptors (Lipinski definition) is 4. The van der Waals surface area contributed by atoms with Gasteiger partial charge < -0.3 is 19.7 Å². The highest BCUT2D eigenvalue weighted by Crippen LogP contribution is 2.45.